The van der Waals surface area contributed by atoms with Gasteiger partial charge in [-0.05, 0) is 29.7 Å². The molecule has 1 unspecified atom stereocenters. The van der Waals surface area contributed by atoms with Crippen molar-refractivity contribution in [2.75, 3.05) is 6.54 Å². The summed E-state index contributed by atoms with van der Waals surface area (Å²) in [5.74, 6) is -0.846. The van der Waals surface area contributed by atoms with Crippen molar-refractivity contribution in [3.8, 4) is 0 Å². The van der Waals surface area contributed by atoms with Crippen LogP contribution in [0.2, 0.25) is 0 Å². The third-order valence-corrected chi connectivity index (χ3v) is 4.35. The number of hydrazine groups is 1. The number of nitrogens with one attached hydrogen (secondary N) is 3. The van der Waals surface area contributed by atoms with Crippen molar-refractivity contribution in [3.05, 3.63) is 59.4 Å². The minimum atomic E-state index is -0.425. The van der Waals surface area contributed by atoms with Crippen LogP contribution < -0.4 is 10.9 Å². The maximum atomic E-state index is 12.3. The van der Waals surface area contributed by atoms with Gasteiger partial charge < -0.3 is 9.88 Å². The molecule has 0 saturated heterocycles. The predicted octanol–water partition coefficient (Wildman–Crippen LogP) is 1.31. The number of carbonyl (C=O) groups is 3. The number of hydrogen-bond donors (Lipinski definition) is 3. The summed E-state index contributed by atoms with van der Waals surface area (Å²) in [6, 6.07) is 10.8. The van der Waals surface area contributed by atoms with Crippen molar-refractivity contribution in [2.24, 2.45) is 0 Å². The van der Waals surface area contributed by atoms with Crippen molar-refractivity contribution in [1.29, 1.82) is 0 Å². The number of rotatable bonds is 3. The van der Waals surface area contributed by atoms with Crippen LogP contribution in [-0.4, -0.2) is 34.2 Å². The number of H-pyrrole nitrogens is 1. The molecule has 1 atom stereocenters. The molecule has 0 radical (unpaired) electrons. The van der Waals surface area contributed by atoms with Crippen molar-refractivity contribution in [2.45, 2.75) is 25.8 Å². The molecule has 0 aliphatic carbocycles. The molecule has 3 rings (SSSR count). The van der Waals surface area contributed by atoms with Gasteiger partial charge in [0.2, 0.25) is 11.8 Å². The van der Waals surface area contributed by atoms with E-state index in [0.29, 0.717) is 12.2 Å². The maximum Gasteiger partial charge on any atom is 0.286 e. The number of fused-ring (bicyclic) bond motifs is 1. The number of benzene rings is 1. The van der Waals surface area contributed by atoms with Crippen molar-refractivity contribution in [1.82, 2.24) is 20.7 Å². The van der Waals surface area contributed by atoms with E-state index in [9.17, 15) is 14.4 Å². The summed E-state index contributed by atoms with van der Waals surface area (Å²) in [6.07, 6.45) is 2.49. The Labute approximate surface area is 145 Å². The van der Waals surface area contributed by atoms with Gasteiger partial charge in [-0.25, -0.2) is 0 Å². The Hall–Kier alpha value is -3.09. The zero-order valence-electron chi connectivity index (χ0n) is 13.9. The minimum Gasteiger partial charge on any atom is -0.357 e. The highest BCUT2D eigenvalue weighted by atomic mass is 16.2. The summed E-state index contributed by atoms with van der Waals surface area (Å²) in [7, 11) is 0. The van der Waals surface area contributed by atoms with Gasteiger partial charge in [-0.2, -0.15) is 0 Å². The summed E-state index contributed by atoms with van der Waals surface area (Å²) in [6.45, 7) is 2.09. The van der Waals surface area contributed by atoms with Crippen LogP contribution in [0.5, 0.6) is 0 Å². The summed E-state index contributed by atoms with van der Waals surface area (Å²) in [5.41, 5.74) is 7.26. The first-order valence-corrected chi connectivity index (χ1v) is 8.14. The molecule has 130 valence electrons. The van der Waals surface area contributed by atoms with E-state index in [-0.39, 0.29) is 24.3 Å². The second kappa shape index (κ2) is 7.21. The van der Waals surface area contributed by atoms with Crippen LogP contribution in [0.1, 0.15) is 41.0 Å². The second-order valence-electron chi connectivity index (χ2n) is 5.97. The third kappa shape index (κ3) is 3.71. The number of amides is 3. The molecule has 0 fully saturated rings. The van der Waals surface area contributed by atoms with Gasteiger partial charge in [-0.15, -0.1) is 0 Å². The summed E-state index contributed by atoms with van der Waals surface area (Å²) in [5, 5.41) is 0. The van der Waals surface area contributed by atoms with Gasteiger partial charge >= 0.3 is 0 Å². The molecule has 0 bridgehead atoms. The van der Waals surface area contributed by atoms with Crippen molar-refractivity contribution < 1.29 is 14.4 Å². The molecular weight excluding hydrogens is 320 g/mol. The summed E-state index contributed by atoms with van der Waals surface area (Å²) < 4.78 is 0. The van der Waals surface area contributed by atoms with E-state index < -0.39 is 5.91 Å². The van der Waals surface area contributed by atoms with Gasteiger partial charge in [0.25, 0.3) is 5.91 Å². The zero-order valence-corrected chi connectivity index (χ0v) is 13.9. The van der Waals surface area contributed by atoms with Crippen molar-refractivity contribution >= 4 is 17.7 Å². The Morgan fingerprint density at radius 1 is 1.16 bits per heavy atom. The largest absolute Gasteiger partial charge is 0.357 e. The van der Waals surface area contributed by atoms with Crippen LogP contribution in [0.3, 0.4) is 0 Å². The minimum absolute atomic E-state index is 0.0669. The quantitative estimate of drug-likeness (QED) is 0.735. The molecule has 3 amide bonds. The van der Waals surface area contributed by atoms with Gasteiger partial charge in [0.15, 0.2) is 0 Å². The van der Waals surface area contributed by atoms with Crippen LogP contribution in [-0.2, 0) is 16.0 Å². The molecule has 7 nitrogen and oxygen atoms in total. The normalized spacial score (nSPS) is 16.0. The van der Waals surface area contributed by atoms with Gasteiger partial charge in [-0.3, -0.25) is 25.2 Å². The molecule has 3 N–H and O–H groups in total. The Bertz CT molecular complexity index is 785. The average molecular weight is 340 g/mol. The highest BCUT2D eigenvalue weighted by Crippen LogP contribution is 2.32. The monoisotopic (exact) mass is 340 g/mol. The fourth-order valence-corrected chi connectivity index (χ4v) is 3.14. The first-order chi connectivity index (χ1) is 12.1. The fraction of sp³-hybridized carbons (Fsp3) is 0.278. The molecule has 1 aliphatic rings. The number of carbonyl (C=O) groups excluding carboxylic acids is 3. The third-order valence-electron chi connectivity index (χ3n) is 4.35. The van der Waals surface area contributed by atoms with Crippen LogP contribution in [0.15, 0.2) is 42.6 Å². The Kier molecular flexibility index (Phi) is 4.83. The fourth-order valence-electron chi connectivity index (χ4n) is 3.14. The zero-order chi connectivity index (χ0) is 17.8. The van der Waals surface area contributed by atoms with E-state index in [4.69, 9.17) is 0 Å². The molecule has 2 aromatic rings. The first-order valence-electron chi connectivity index (χ1n) is 8.14. The molecule has 1 aromatic heterocycles. The molecule has 2 heterocycles. The predicted molar refractivity (Wildman–Crippen MR) is 91.3 cm³/mol. The molecular formula is C18H20N4O3. The lowest BCUT2D eigenvalue weighted by Gasteiger charge is -2.36. The van der Waals surface area contributed by atoms with E-state index in [1.807, 2.05) is 24.3 Å². The lowest BCUT2D eigenvalue weighted by Crippen LogP contribution is -2.45. The number of nitrogens with zero attached hydrogens (tertiary/aromatic N) is 1. The van der Waals surface area contributed by atoms with E-state index in [1.165, 1.54) is 6.92 Å². The van der Waals surface area contributed by atoms with E-state index in [1.54, 1.807) is 23.2 Å². The SMILES string of the molecule is CC(=O)N1CCc2ccccc2C1CC(=O)NNC(=O)c1ccc[nH]1. The van der Waals surface area contributed by atoms with E-state index >= 15 is 0 Å². The van der Waals surface area contributed by atoms with Crippen LogP contribution in [0.4, 0.5) is 0 Å². The summed E-state index contributed by atoms with van der Waals surface area (Å²) in [4.78, 5) is 40.5. The van der Waals surface area contributed by atoms with Gasteiger partial charge in [-0.1, -0.05) is 24.3 Å². The molecule has 25 heavy (non-hydrogen) atoms. The van der Waals surface area contributed by atoms with E-state index in [0.717, 1.165) is 17.5 Å². The first kappa shape index (κ1) is 16.8. The van der Waals surface area contributed by atoms with Gasteiger partial charge in [0.1, 0.15) is 5.69 Å². The standard InChI is InChI=1S/C18H20N4O3/c1-12(23)22-10-8-13-5-2-3-6-14(13)16(22)11-17(24)20-21-18(25)15-7-4-9-19-15/h2-7,9,16,19H,8,10-11H2,1H3,(H,20,24)(H,21,25). The lowest BCUT2D eigenvalue weighted by molar-refractivity contribution is -0.133. The highest BCUT2D eigenvalue weighted by molar-refractivity contribution is 5.93. The molecule has 1 aromatic carbocycles. The summed E-state index contributed by atoms with van der Waals surface area (Å²) >= 11 is 0. The Morgan fingerprint density at radius 3 is 2.68 bits per heavy atom. The average Bonchev–Trinajstić information content (AvgIpc) is 3.14. The number of aromatic nitrogens is 1. The number of aromatic amines is 1. The highest BCUT2D eigenvalue weighted by Gasteiger charge is 2.30. The van der Waals surface area contributed by atoms with Crippen LogP contribution in [0.25, 0.3) is 0 Å². The number of hydrogen-bond acceptors (Lipinski definition) is 3. The molecule has 0 saturated carbocycles. The molecule has 1 aliphatic heterocycles. The topological polar surface area (TPSA) is 94.3 Å². The van der Waals surface area contributed by atoms with E-state index in [2.05, 4.69) is 15.8 Å². The maximum absolute atomic E-state index is 12.3. The van der Waals surface area contributed by atoms with Crippen LogP contribution in [0, 0.1) is 0 Å². The Morgan fingerprint density at radius 2 is 1.96 bits per heavy atom. The molecule has 0 spiro atoms. The van der Waals surface area contributed by atoms with Gasteiger partial charge in [0, 0.05) is 19.7 Å². The molecule has 7 heteroatoms. The smallest absolute Gasteiger partial charge is 0.286 e. The van der Waals surface area contributed by atoms with Crippen molar-refractivity contribution in [3.63, 3.8) is 0 Å². The van der Waals surface area contributed by atoms with Crippen LogP contribution >= 0.6 is 0 Å². The Balaban J connectivity index is 1.67. The lowest BCUT2D eigenvalue weighted by atomic mass is 9.90. The van der Waals surface area contributed by atoms with Gasteiger partial charge in [0.05, 0.1) is 12.5 Å². The second-order valence-corrected chi connectivity index (χ2v) is 5.97.